The van der Waals surface area contributed by atoms with Crippen LogP contribution in [0, 0.1) is 0 Å². The maximum absolute atomic E-state index is 12.1. The van der Waals surface area contributed by atoms with Crippen molar-refractivity contribution >= 4 is 22.0 Å². The summed E-state index contributed by atoms with van der Waals surface area (Å²) in [6.07, 6.45) is 5.03. The maximum atomic E-state index is 12.1. The van der Waals surface area contributed by atoms with Gasteiger partial charge < -0.3 is 5.32 Å². The van der Waals surface area contributed by atoms with Crippen molar-refractivity contribution in [3.8, 4) is 0 Å². The monoisotopic (exact) mass is 356 g/mol. The zero-order valence-corrected chi connectivity index (χ0v) is 14.5. The molecule has 0 aromatic heterocycles. The molecule has 130 valence electrons. The largest absolute Gasteiger partial charge is 0.348 e. The number of rotatable bonds is 7. The maximum Gasteiger partial charge on any atom is 0.244 e. The third-order valence-electron chi connectivity index (χ3n) is 3.83. The van der Waals surface area contributed by atoms with Gasteiger partial charge in [-0.15, -0.1) is 0 Å². The van der Waals surface area contributed by atoms with Gasteiger partial charge in [-0.05, 0) is 42.2 Å². The molecule has 1 aliphatic carbocycles. The van der Waals surface area contributed by atoms with Crippen LogP contribution in [0.1, 0.15) is 24.0 Å². The van der Waals surface area contributed by atoms with Crippen LogP contribution in [0.4, 0.5) is 0 Å². The van der Waals surface area contributed by atoms with E-state index in [9.17, 15) is 13.2 Å². The van der Waals surface area contributed by atoms with E-state index in [1.807, 2.05) is 30.3 Å². The van der Waals surface area contributed by atoms with Gasteiger partial charge in [-0.2, -0.15) is 0 Å². The van der Waals surface area contributed by atoms with Crippen LogP contribution in [0.3, 0.4) is 0 Å². The molecule has 3 rings (SSSR count). The molecule has 0 radical (unpaired) electrons. The third-order valence-corrected chi connectivity index (χ3v) is 5.36. The Labute approximate surface area is 147 Å². The molecule has 2 aromatic rings. The lowest BCUT2D eigenvalue weighted by atomic mass is 10.2. The van der Waals surface area contributed by atoms with Gasteiger partial charge in [0.2, 0.25) is 15.9 Å². The predicted octanol–water partition coefficient (Wildman–Crippen LogP) is 2.46. The topological polar surface area (TPSA) is 75.3 Å². The van der Waals surface area contributed by atoms with Crippen LogP contribution in [0.25, 0.3) is 6.08 Å². The van der Waals surface area contributed by atoms with E-state index >= 15 is 0 Å². The van der Waals surface area contributed by atoms with Crippen LogP contribution in [-0.4, -0.2) is 20.4 Å². The highest BCUT2D eigenvalue weighted by atomic mass is 32.2. The molecule has 1 aliphatic rings. The Kier molecular flexibility index (Phi) is 5.31. The van der Waals surface area contributed by atoms with Gasteiger partial charge in [0.25, 0.3) is 0 Å². The van der Waals surface area contributed by atoms with E-state index in [1.165, 1.54) is 6.08 Å². The Morgan fingerprint density at radius 2 is 1.72 bits per heavy atom. The Bertz CT molecular complexity index is 855. The summed E-state index contributed by atoms with van der Waals surface area (Å²) in [5.41, 5.74) is 1.79. The smallest absolute Gasteiger partial charge is 0.244 e. The van der Waals surface area contributed by atoms with E-state index in [2.05, 4.69) is 10.0 Å². The van der Waals surface area contributed by atoms with E-state index in [-0.39, 0.29) is 16.8 Å². The first-order valence-corrected chi connectivity index (χ1v) is 9.63. The molecule has 5 nitrogen and oxygen atoms in total. The van der Waals surface area contributed by atoms with Gasteiger partial charge in [0.1, 0.15) is 0 Å². The summed E-state index contributed by atoms with van der Waals surface area (Å²) < 4.78 is 26.8. The molecule has 6 heteroatoms. The normalized spacial score (nSPS) is 14.6. The van der Waals surface area contributed by atoms with E-state index in [1.54, 1.807) is 30.3 Å². The SMILES string of the molecule is O=C(/C=C\c1ccccc1)NCc1ccc(S(=O)(=O)NC2CC2)cc1. The minimum absolute atomic E-state index is 0.0837. The fourth-order valence-electron chi connectivity index (χ4n) is 2.26. The Morgan fingerprint density at radius 1 is 1.04 bits per heavy atom. The van der Waals surface area contributed by atoms with Gasteiger partial charge in [0, 0.05) is 18.7 Å². The summed E-state index contributed by atoms with van der Waals surface area (Å²) in [6.45, 7) is 0.342. The fraction of sp³-hybridized carbons (Fsp3) is 0.211. The second kappa shape index (κ2) is 7.63. The molecule has 2 aromatic carbocycles. The number of benzene rings is 2. The summed E-state index contributed by atoms with van der Waals surface area (Å²) in [7, 11) is -3.43. The van der Waals surface area contributed by atoms with Crippen molar-refractivity contribution in [1.82, 2.24) is 10.0 Å². The van der Waals surface area contributed by atoms with Gasteiger partial charge >= 0.3 is 0 Å². The standard InChI is InChI=1S/C19H20N2O3S/c22-19(13-8-15-4-2-1-3-5-15)20-14-16-6-11-18(12-7-16)25(23,24)21-17-9-10-17/h1-8,11-13,17,21H,9-10,14H2,(H,20,22)/b13-8-. The number of hydrogen-bond acceptors (Lipinski definition) is 3. The minimum Gasteiger partial charge on any atom is -0.348 e. The number of hydrogen-bond donors (Lipinski definition) is 2. The molecule has 1 fully saturated rings. The second-order valence-corrected chi connectivity index (χ2v) is 7.72. The zero-order chi connectivity index (χ0) is 17.7. The molecule has 0 unspecified atom stereocenters. The minimum atomic E-state index is -3.43. The van der Waals surface area contributed by atoms with Crippen LogP contribution in [-0.2, 0) is 21.4 Å². The molecule has 1 saturated carbocycles. The molecule has 0 saturated heterocycles. The van der Waals surface area contributed by atoms with Crippen LogP contribution in [0.5, 0.6) is 0 Å². The molecule has 2 N–H and O–H groups in total. The van der Waals surface area contributed by atoms with Crippen LogP contribution >= 0.6 is 0 Å². The highest BCUT2D eigenvalue weighted by Crippen LogP contribution is 2.22. The van der Waals surface area contributed by atoms with E-state index in [0.29, 0.717) is 6.54 Å². The predicted molar refractivity (Wildman–Crippen MR) is 97.1 cm³/mol. The van der Waals surface area contributed by atoms with Crippen molar-refractivity contribution in [3.05, 3.63) is 71.8 Å². The van der Waals surface area contributed by atoms with Crippen molar-refractivity contribution in [2.45, 2.75) is 30.3 Å². The lowest BCUT2D eigenvalue weighted by Crippen LogP contribution is -2.25. The van der Waals surface area contributed by atoms with Gasteiger partial charge in [-0.25, -0.2) is 13.1 Å². The fourth-order valence-corrected chi connectivity index (χ4v) is 3.56. The van der Waals surface area contributed by atoms with Crippen LogP contribution < -0.4 is 10.0 Å². The molecule has 25 heavy (non-hydrogen) atoms. The van der Waals surface area contributed by atoms with Gasteiger partial charge in [0.15, 0.2) is 0 Å². The Hall–Kier alpha value is -2.44. The Morgan fingerprint density at radius 3 is 2.36 bits per heavy atom. The highest BCUT2D eigenvalue weighted by Gasteiger charge is 2.27. The lowest BCUT2D eigenvalue weighted by Gasteiger charge is -2.07. The second-order valence-electron chi connectivity index (χ2n) is 6.00. The van der Waals surface area contributed by atoms with Crippen molar-refractivity contribution in [2.24, 2.45) is 0 Å². The number of sulfonamides is 1. The average Bonchev–Trinajstić information content (AvgIpc) is 3.43. The van der Waals surface area contributed by atoms with Crippen molar-refractivity contribution in [1.29, 1.82) is 0 Å². The molecular formula is C19H20N2O3S. The average molecular weight is 356 g/mol. The zero-order valence-electron chi connectivity index (χ0n) is 13.7. The quantitative estimate of drug-likeness (QED) is 0.748. The molecule has 1 amide bonds. The van der Waals surface area contributed by atoms with Gasteiger partial charge in [-0.1, -0.05) is 42.5 Å². The number of carbonyl (C=O) groups excluding carboxylic acids is 1. The number of nitrogens with one attached hydrogen (secondary N) is 2. The molecule has 0 spiro atoms. The number of carbonyl (C=O) groups is 1. The summed E-state index contributed by atoms with van der Waals surface area (Å²) in [5.74, 6) is -0.198. The molecule has 0 heterocycles. The Balaban J connectivity index is 1.53. The highest BCUT2D eigenvalue weighted by molar-refractivity contribution is 7.89. The summed E-state index contributed by atoms with van der Waals surface area (Å²) in [6, 6.07) is 16.2. The summed E-state index contributed by atoms with van der Waals surface area (Å²) >= 11 is 0. The van der Waals surface area contributed by atoms with Crippen molar-refractivity contribution in [3.63, 3.8) is 0 Å². The van der Waals surface area contributed by atoms with E-state index < -0.39 is 10.0 Å². The molecular weight excluding hydrogens is 336 g/mol. The summed E-state index contributed by atoms with van der Waals surface area (Å²) in [4.78, 5) is 12.1. The van der Waals surface area contributed by atoms with Crippen LogP contribution in [0.2, 0.25) is 0 Å². The van der Waals surface area contributed by atoms with Gasteiger partial charge in [-0.3, -0.25) is 4.79 Å². The van der Waals surface area contributed by atoms with E-state index in [4.69, 9.17) is 0 Å². The van der Waals surface area contributed by atoms with Crippen molar-refractivity contribution < 1.29 is 13.2 Å². The molecule has 0 aliphatic heterocycles. The lowest BCUT2D eigenvalue weighted by molar-refractivity contribution is -0.116. The molecule has 0 bridgehead atoms. The first-order chi connectivity index (χ1) is 12.0. The third kappa shape index (κ3) is 5.27. The molecule has 0 atom stereocenters. The number of amides is 1. The van der Waals surface area contributed by atoms with Crippen molar-refractivity contribution in [2.75, 3.05) is 0 Å². The summed E-state index contributed by atoms with van der Waals surface area (Å²) in [5, 5.41) is 2.78. The first kappa shape index (κ1) is 17.4. The van der Waals surface area contributed by atoms with Gasteiger partial charge in [0.05, 0.1) is 4.90 Å². The van der Waals surface area contributed by atoms with Crippen LogP contribution in [0.15, 0.2) is 65.6 Å². The van der Waals surface area contributed by atoms with E-state index in [0.717, 1.165) is 24.0 Å². The first-order valence-electron chi connectivity index (χ1n) is 8.15.